The van der Waals surface area contributed by atoms with Crippen molar-refractivity contribution >= 4 is 0 Å². The highest BCUT2D eigenvalue weighted by atomic mass is 16.6. The topological polar surface area (TPSA) is 53.0 Å². The van der Waals surface area contributed by atoms with Crippen molar-refractivity contribution < 1.29 is 14.3 Å². The van der Waals surface area contributed by atoms with Crippen LogP contribution in [0.4, 0.5) is 0 Å². The molecule has 1 aromatic carbocycles. The van der Waals surface area contributed by atoms with Crippen molar-refractivity contribution in [3.05, 3.63) is 35.5 Å². The second kappa shape index (κ2) is 3.14. The van der Waals surface area contributed by atoms with Crippen LogP contribution in [0.25, 0.3) is 5.69 Å². The molecular weight excluding hydrogens is 180 g/mol. The van der Waals surface area contributed by atoms with E-state index in [1.807, 2.05) is 32.0 Å². The number of aromatic nitrogens is 2. The zero-order valence-corrected chi connectivity index (χ0v) is 8.02. The molecule has 0 unspecified atom stereocenters. The first-order valence-corrected chi connectivity index (χ1v) is 4.31. The number of rotatable bonds is 1. The third-order valence-electron chi connectivity index (χ3n) is 2.27. The summed E-state index contributed by atoms with van der Waals surface area (Å²) in [4.78, 5) is 0. The Morgan fingerprint density at radius 2 is 2.14 bits per heavy atom. The van der Waals surface area contributed by atoms with E-state index < -0.39 is 5.95 Å². The Balaban J connectivity index is 2.57. The number of benzene rings is 1. The summed E-state index contributed by atoms with van der Waals surface area (Å²) < 4.78 is 5.92. The SMILES string of the molecule is Cc1cccc(-[n+]2cc([O-])on2)c1C. The van der Waals surface area contributed by atoms with Crippen LogP contribution < -0.4 is 9.79 Å². The summed E-state index contributed by atoms with van der Waals surface area (Å²) in [5.74, 6) is -0.439. The Hall–Kier alpha value is -1.84. The highest BCUT2D eigenvalue weighted by Gasteiger charge is 2.13. The average molecular weight is 190 g/mol. The van der Waals surface area contributed by atoms with Crippen molar-refractivity contribution in [2.75, 3.05) is 0 Å². The van der Waals surface area contributed by atoms with Gasteiger partial charge in [-0.1, -0.05) is 12.1 Å². The molecule has 0 saturated heterocycles. The average Bonchev–Trinajstić information content (AvgIpc) is 2.57. The molecule has 2 aromatic rings. The monoisotopic (exact) mass is 190 g/mol. The molecule has 72 valence electrons. The highest BCUT2D eigenvalue weighted by Crippen LogP contribution is 2.12. The van der Waals surface area contributed by atoms with Crippen LogP contribution in [0, 0.1) is 13.8 Å². The summed E-state index contributed by atoms with van der Waals surface area (Å²) in [6.07, 6.45) is 1.32. The van der Waals surface area contributed by atoms with Crippen LogP contribution in [0.3, 0.4) is 0 Å². The molecule has 1 heterocycles. The van der Waals surface area contributed by atoms with E-state index in [0.717, 1.165) is 16.8 Å². The van der Waals surface area contributed by atoms with Crippen molar-refractivity contribution in [1.82, 2.24) is 5.27 Å². The maximum atomic E-state index is 10.8. The lowest BCUT2D eigenvalue weighted by atomic mass is 10.1. The van der Waals surface area contributed by atoms with Gasteiger partial charge in [-0.3, -0.25) is 0 Å². The predicted molar refractivity (Wildman–Crippen MR) is 47.0 cm³/mol. The number of hydrogen-bond donors (Lipinski definition) is 0. The summed E-state index contributed by atoms with van der Waals surface area (Å²) in [6, 6.07) is 5.83. The van der Waals surface area contributed by atoms with E-state index >= 15 is 0 Å². The van der Waals surface area contributed by atoms with Gasteiger partial charge in [0.1, 0.15) is 5.95 Å². The molecular formula is C10H10N2O2. The molecule has 2 rings (SSSR count). The van der Waals surface area contributed by atoms with Crippen molar-refractivity contribution in [3.63, 3.8) is 0 Å². The van der Waals surface area contributed by atoms with Crippen molar-refractivity contribution in [3.8, 4) is 11.6 Å². The molecule has 0 amide bonds. The Kier molecular flexibility index (Phi) is 1.96. The molecule has 1 aromatic heterocycles. The van der Waals surface area contributed by atoms with Crippen molar-refractivity contribution in [2.24, 2.45) is 0 Å². The van der Waals surface area contributed by atoms with Crippen molar-refractivity contribution in [1.29, 1.82) is 0 Å². The quantitative estimate of drug-likeness (QED) is 0.620. The number of hydrogen-bond acceptors (Lipinski definition) is 3. The van der Waals surface area contributed by atoms with Gasteiger partial charge in [-0.25, -0.2) is 0 Å². The van der Waals surface area contributed by atoms with Crippen LogP contribution >= 0.6 is 0 Å². The molecule has 14 heavy (non-hydrogen) atoms. The fourth-order valence-electron chi connectivity index (χ4n) is 1.33. The van der Waals surface area contributed by atoms with Crippen molar-refractivity contribution in [2.45, 2.75) is 13.8 Å². The molecule has 0 aliphatic rings. The van der Waals surface area contributed by atoms with Gasteiger partial charge in [-0.05, 0) is 24.1 Å². The normalized spacial score (nSPS) is 10.4. The Morgan fingerprint density at radius 3 is 2.79 bits per heavy atom. The minimum atomic E-state index is -0.439. The lowest BCUT2D eigenvalue weighted by molar-refractivity contribution is -0.670. The summed E-state index contributed by atoms with van der Waals surface area (Å²) in [5.41, 5.74) is 3.12. The van der Waals surface area contributed by atoms with Gasteiger partial charge in [-0.15, -0.1) is 0 Å². The van der Waals surface area contributed by atoms with Crippen LogP contribution in [0.1, 0.15) is 11.1 Å². The molecule has 0 N–H and O–H groups in total. The van der Waals surface area contributed by atoms with Crippen LogP contribution in [0.15, 0.2) is 28.9 Å². The minimum Gasteiger partial charge on any atom is -0.539 e. The van der Waals surface area contributed by atoms with Gasteiger partial charge >= 0.3 is 0 Å². The largest absolute Gasteiger partial charge is 0.539 e. The van der Waals surface area contributed by atoms with Gasteiger partial charge in [0.2, 0.25) is 11.9 Å². The van der Waals surface area contributed by atoms with Gasteiger partial charge in [0.25, 0.3) is 0 Å². The fraction of sp³-hybridized carbons (Fsp3) is 0.200. The maximum Gasteiger partial charge on any atom is 0.242 e. The van der Waals surface area contributed by atoms with E-state index in [9.17, 15) is 5.11 Å². The minimum absolute atomic E-state index is 0.439. The second-order valence-corrected chi connectivity index (χ2v) is 3.18. The summed E-state index contributed by atoms with van der Waals surface area (Å²) in [5, 5.41) is 14.4. The smallest absolute Gasteiger partial charge is 0.242 e. The first-order chi connectivity index (χ1) is 6.68. The first-order valence-electron chi connectivity index (χ1n) is 4.31. The molecule has 0 bridgehead atoms. The lowest BCUT2D eigenvalue weighted by Crippen LogP contribution is -2.32. The standard InChI is InChI=1S/C10H10N2O2/c1-7-4-3-5-9(8(7)2)12-6-10(13)14-11-12/h3-6H,1-2H3. The van der Waals surface area contributed by atoms with E-state index in [0.29, 0.717) is 0 Å². The van der Waals surface area contributed by atoms with Gasteiger partial charge in [-0.2, -0.15) is 0 Å². The first kappa shape index (κ1) is 8.74. The van der Waals surface area contributed by atoms with Gasteiger partial charge < -0.3 is 9.63 Å². The van der Waals surface area contributed by atoms with E-state index in [1.165, 1.54) is 10.9 Å². The Morgan fingerprint density at radius 1 is 1.36 bits per heavy atom. The van der Waals surface area contributed by atoms with Crippen LogP contribution in [-0.2, 0) is 0 Å². The van der Waals surface area contributed by atoms with Crippen LogP contribution in [-0.4, -0.2) is 5.27 Å². The molecule has 4 nitrogen and oxygen atoms in total. The lowest BCUT2D eigenvalue weighted by Gasteiger charge is -1.98. The molecule has 4 heteroatoms. The number of nitrogens with zero attached hydrogens (tertiary/aromatic N) is 2. The molecule has 0 atom stereocenters. The summed E-state index contributed by atoms with van der Waals surface area (Å²) in [7, 11) is 0. The van der Waals surface area contributed by atoms with E-state index in [2.05, 4.69) is 9.79 Å². The predicted octanol–water partition coefficient (Wildman–Crippen LogP) is 0.642. The summed E-state index contributed by atoms with van der Waals surface area (Å²) >= 11 is 0. The Bertz CT molecular complexity index is 463. The second-order valence-electron chi connectivity index (χ2n) is 3.18. The maximum absolute atomic E-state index is 10.8. The zero-order valence-electron chi connectivity index (χ0n) is 8.02. The van der Waals surface area contributed by atoms with Gasteiger partial charge in [0, 0.05) is 11.6 Å². The fourth-order valence-corrected chi connectivity index (χ4v) is 1.33. The van der Waals surface area contributed by atoms with E-state index in [1.54, 1.807) is 0 Å². The molecule has 0 fully saturated rings. The molecule has 0 aliphatic heterocycles. The molecule has 0 aliphatic carbocycles. The molecule has 0 radical (unpaired) electrons. The highest BCUT2D eigenvalue weighted by molar-refractivity contribution is 5.38. The van der Waals surface area contributed by atoms with E-state index in [4.69, 9.17) is 0 Å². The molecule has 0 spiro atoms. The third kappa shape index (κ3) is 1.35. The van der Waals surface area contributed by atoms with E-state index in [-0.39, 0.29) is 0 Å². The zero-order chi connectivity index (χ0) is 10.1. The number of aryl methyl sites for hydroxylation is 1. The van der Waals surface area contributed by atoms with Crippen LogP contribution in [0.2, 0.25) is 0 Å². The summed E-state index contributed by atoms with van der Waals surface area (Å²) in [6.45, 7) is 3.99. The third-order valence-corrected chi connectivity index (χ3v) is 2.27. The Labute approximate surface area is 81.4 Å². The van der Waals surface area contributed by atoms with Crippen LogP contribution in [0.5, 0.6) is 5.95 Å². The van der Waals surface area contributed by atoms with Gasteiger partial charge in [0.05, 0.1) is 5.27 Å². The van der Waals surface area contributed by atoms with Gasteiger partial charge in [0.15, 0.2) is 0 Å². The molecule has 0 saturated carbocycles.